The number of ether oxygens (including phenoxy) is 3. The van der Waals surface area contributed by atoms with Gasteiger partial charge in [-0.1, -0.05) is 12.1 Å². The van der Waals surface area contributed by atoms with Crippen LogP contribution < -0.4 is 24.4 Å². The maximum atomic E-state index is 13.5. The molecule has 0 fully saturated rings. The van der Waals surface area contributed by atoms with E-state index in [1.54, 1.807) is 57.4 Å². The van der Waals surface area contributed by atoms with Crippen molar-refractivity contribution in [2.45, 2.75) is 23.5 Å². The molecule has 0 bridgehead atoms. The van der Waals surface area contributed by atoms with Crippen molar-refractivity contribution in [3.8, 4) is 17.2 Å². The standard InChI is InChI=1S/C28H28N2O6S/c1-17(31)18-9-11-20(12-10-18)29-26(32)16-30-21-7-5-6-8-24(21)37-25(15-27(30)33)19-13-22(34-2)28(36-4)23(14-19)35-3/h5-14,25H,15-16H2,1-4H3,(H,29,32). The summed E-state index contributed by atoms with van der Waals surface area (Å²) in [6.07, 6.45) is 0.165. The molecule has 4 rings (SSSR count). The van der Waals surface area contributed by atoms with Crippen LogP contribution in [0, 0.1) is 0 Å². The Bertz CT molecular complexity index is 1300. The third-order valence-electron chi connectivity index (χ3n) is 6.02. The number of benzene rings is 3. The fourth-order valence-corrected chi connectivity index (χ4v) is 5.42. The smallest absolute Gasteiger partial charge is 0.244 e. The van der Waals surface area contributed by atoms with Crippen molar-refractivity contribution < 1.29 is 28.6 Å². The molecule has 3 aromatic carbocycles. The molecule has 9 heteroatoms. The molecule has 37 heavy (non-hydrogen) atoms. The molecule has 2 amide bonds. The van der Waals surface area contributed by atoms with E-state index in [1.807, 2.05) is 36.4 Å². The van der Waals surface area contributed by atoms with Crippen molar-refractivity contribution in [3.63, 3.8) is 0 Å². The second-order valence-electron chi connectivity index (χ2n) is 8.40. The number of nitrogens with zero attached hydrogens (tertiary/aromatic N) is 1. The Hall–Kier alpha value is -3.98. The van der Waals surface area contributed by atoms with Crippen LogP contribution in [-0.4, -0.2) is 45.5 Å². The number of methoxy groups -OCH3 is 3. The molecule has 0 saturated heterocycles. The van der Waals surface area contributed by atoms with Gasteiger partial charge in [0.15, 0.2) is 17.3 Å². The van der Waals surface area contributed by atoms with Gasteiger partial charge >= 0.3 is 0 Å². The Morgan fingerprint density at radius 3 is 2.22 bits per heavy atom. The molecule has 8 nitrogen and oxygen atoms in total. The quantitative estimate of drug-likeness (QED) is 0.412. The zero-order valence-electron chi connectivity index (χ0n) is 21.1. The molecule has 0 saturated carbocycles. The summed E-state index contributed by atoms with van der Waals surface area (Å²) in [4.78, 5) is 40.3. The first-order valence-corrected chi connectivity index (χ1v) is 12.5. The summed E-state index contributed by atoms with van der Waals surface area (Å²) in [5.74, 6) is 0.926. The molecule has 0 aliphatic carbocycles. The Morgan fingerprint density at radius 1 is 0.973 bits per heavy atom. The molecular weight excluding hydrogens is 492 g/mol. The molecule has 1 heterocycles. The Labute approximate surface area is 219 Å². The third-order valence-corrected chi connectivity index (χ3v) is 7.34. The zero-order chi connectivity index (χ0) is 26.5. The highest BCUT2D eigenvalue weighted by Crippen LogP contribution is 2.49. The van der Waals surface area contributed by atoms with Gasteiger partial charge in [0.25, 0.3) is 0 Å². The Morgan fingerprint density at radius 2 is 1.62 bits per heavy atom. The average molecular weight is 521 g/mol. The van der Waals surface area contributed by atoms with Crippen molar-refractivity contribution >= 4 is 40.7 Å². The fraction of sp³-hybridized carbons (Fsp3) is 0.250. The number of hydrogen-bond donors (Lipinski definition) is 1. The van der Waals surface area contributed by atoms with Gasteiger partial charge in [-0.3, -0.25) is 14.4 Å². The SMILES string of the molecule is COc1cc(C2CC(=O)N(CC(=O)Nc3ccc(C(C)=O)cc3)c3ccccc3S2)cc(OC)c1OC. The first kappa shape index (κ1) is 26.1. The lowest BCUT2D eigenvalue weighted by molar-refractivity contribution is -0.121. The summed E-state index contributed by atoms with van der Waals surface area (Å²) in [5.41, 5.74) is 2.63. The number of thioether (sulfide) groups is 1. The van der Waals surface area contributed by atoms with Crippen molar-refractivity contribution in [1.82, 2.24) is 0 Å². The van der Waals surface area contributed by atoms with E-state index >= 15 is 0 Å². The van der Waals surface area contributed by atoms with Crippen LogP contribution in [0.25, 0.3) is 0 Å². The molecule has 1 N–H and O–H groups in total. The highest BCUT2D eigenvalue weighted by atomic mass is 32.2. The first-order valence-electron chi connectivity index (χ1n) is 11.6. The number of amides is 2. The van der Waals surface area contributed by atoms with Crippen LogP contribution in [0.5, 0.6) is 17.2 Å². The fourth-order valence-electron chi connectivity index (χ4n) is 4.16. The number of anilines is 2. The van der Waals surface area contributed by atoms with Crippen molar-refractivity contribution in [2.75, 3.05) is 38.1 Å². The van der Waals surface area contributed by atoms with Crippen LogP contribution in [0.2, 0.25) is 0 Å². The maximum absolute atomic E-state index is 13.5. The van der Waals surface area contributed by atoms with Crippen LogP contribution in [0.15, 0.2) is 65.6 Å². The van der Waals surface area contributed by atoms with E-state index in [-0.39, 0.29) is 35.8 Å². The lowest BCUT2D eigenvalue weighted by atomic mass is 10.1. The summed E-state index contributed by atoms with van der Waals surface area (Å²) in [5, 5.41) is 2.57. The number of fused-ring (bicyclic) bond motifs is 1. The highest BCUT2D eigenvalue weighted by molar-refractivity contribution is 7.99. The van der Waals surface area contributed by atoms with Gasteiger partial charge in [0.05, 0.1) is 27.0 Å². The van der Waals surface area contributed by atoms with Crippen LogP contribution in [0.3, 0.4) is 0 Å². The van der Waals surface area contributed by atoms with E-state index in [1.165, 1.54) is 11.8 Å². The molecule has 0 radical (unpaired) electrons. The largest absolute Gasteiger partial charge is 0.493 e. The predicted octanol–water partition coefficient (Wildman–Crippen LogP) is 5.12. The van der Waals surface area contributed by atoms with Crippen LogP contribution in [0.1, 0.15) is 34.5 Å². The van der Waals surface area contributed by atoms with Gasteiger partial charge in [-0.15, -0.1) is 11.8 Å². The van der Waals surface area contributed by atoms with E-state index in [0.29, 0.717) is 34.2 Å². The summed E-state index contributed by atoms with van der Waals surface area (Å²) < 4.78 is 16.5. The van der Waals surface area contributed by atoms with Gasteiger partial charge in [0.1, 0.15) is 6.54 Å². The number of nitrogens with one attached hydrogen (secondary N) is 1. The number of para-hydroxylation sites is 1. The number of Topliss-reactive ketones (excluding diaryl/α,β-unsaturated/α-hetero) is 1. The summed E-state index contributed by atoms with van der Waals surface area (Å²) in [7, 11) is 4.65. The van der Waals surface area contributed by atoms with Crippen molar-refractivity contribution in [1.29, 1.82) is 0 Å². The minimum absolute atomic E-state index is 0.0520. The van der Waals surface area contributed by atoms with E-state index < -0.39 is 0 Å². The molecule has 0 aromatic heterocycles. The van der Waals surface area contributed by atoms with Gasteiger partial charge in [-0.25, -0.2) is 0 Å². The second kappa shape index (κ2) is 11.4. The molecule has 0 spiro atoms. The zero-order valence-corrected chi connectivity index (χ0v) is 21.9. The first-order chi connectivity index (χ1) is 17.8. The summed E-state index contributed by atoms with van der Waals surface area (Å²) in [6.45, 7) is 1.34. The number of ketones is 1. The maximum Gasteiger partial charge on any atom is 0.244 e. The Kier molecular flexibility index (Phi) is 8.03. The normalized spacial score (nSPS) is 14.9. The predicted molar refractivity (Wildman–Crippen MR) is 143 cm³/mol. The average Bonchev–Trinajstić information content (AvgIpc) is 3.04. The lowest BCUT2D eigenvalue weighted by Gasteiger charge is -2.22. The number of rotatable bonds is 8. The minimum atomic E-state index is -0.338. The van der Waals surface area contributed by atoms with E-state index in [4.69, 9.17) is 14.2 Å². The number of carbonyl (C=O) groups is 3. The Balaban J connectivity index is 1.60. The van der Waals surface area contributed by atoms with Gasteiger partial charge in [-0.05, 0) is 61.0 Å². The topological polar surface area (TPSA) is 94.2 Å². The molecule has 1 aliphatic heterocycles. The van der Waals surface area contributed by atoms with Crippen LogP contribution in [-0.2, 0) is 9.59 Å². The van der Waals surface area contributed by atoms with Gasteiger partial charge < -0.3 is 24.4 Å². The monoisotopic (exact) mass is 520 g/mol. The number of carbonyl (C=O) groups excluding carboxylic acids is 3. The third kappa shape index (κ3) is 5.72. The molecule has 1 aliphatic rings. The lowest BCUT2D eigenvalue weighted by Crippen LogP contribution is -2.38. The van der Waals surface area contributed by atoms with E-state index in [2.05, 4.69) is 5.32 Å². The molecular formula is C28H28N2O6S. The van der Waals surface area contributed by atoms with Crippen LogP contribution >= 0.6 is 11.8 Å². The van der Waals surface area contributed by atoms with E-state index in [0.717, 1.165) is 10.5 Å². The van der Waals surface area contributed by atoms with Crippen molar-refractivity contribution in [3.05, 3.63) is 71.8 Å². The second-order valence-corrected chi connectivity index (χ2v) is 9.64. The highest BCUT2D eigenvalue weighted by Gasteiger charge is 2.31. The number of hydrogen-bond acceptors (Lipinski definition) is 7. The van der Waals surface area contributed by atoms with Crippen LogP contribution in [0.4, 0.5) is 11.4 Å². The summed E-state index contributed by atoms with van der Waals surface area (Å²) >= 11 is 1.55. The molecule has 192 valence electrons. The minimum Gasteiger partial charge on any atom is -0.493 e. The van der Waals surface area contributed by atoms with Crippen molar-refractivity contribution in [2.24, 2.45) is 0 Å². The van der Waals surface area contributed by atoms with Gasteiger partial charge in [-0.2, -0.15) is 0 Å². The molecule has 1 unspecified atom stereocenters. The molecule has 3 aromatic rings. The van der Waals surface area contributed by atoms with E-state index in [9.17, 15) is 14.4 Å². The molecule has 1 atom stereocenters. The van der Waals surface area contributed by atoms with Gasteiger partial charge in [0.2, 0.25) is 17.6 Å². The van der Waals surface area contributed by atoms with Gasteiger partial charge in [0, 0.05) is 27.8 Å². The summed E-state index contributed by atoms with van der Waals surface area (Å²) in [6, 6.07) is 17.9.